The molecule has 2 rings (SSSR count). The number of thioether (sulfide) groups is 1. The van der Waals surface area contributed by atoms with Crippen LogP contribution in [0.15, 0.2) is 4.99 Å². The van der Waals surface area contributed by atoms with Gasteiger partial charge < -0.3 is 20.1 Å². The van der Waals surface area contributed by atoms with E-state index in [0.717, 1.165) is 62.3 Å². The minimum atomic E-state index is 0. The van der Waals surface area contributed by atoms with Crippen molar-refractivity contribution < 1.29 is 0 Å². The highest BCUT2D eigenvalue weighted by atomic mass is 127. The standard InChI is InChI=1S/C18H35N7S.HI/c1-14(2)25-10-7-16(8-11-25)21-18(19-9-6-12-26-5)20-13-17-23-22-15(3)24(17)4;/h14,16H,6-13H2,1-5H3,(H2,19,20,21);1H. The van der Waals surface area contributed by atoms with E-state index in [9.17, 15) is 0 Å². The maximum atomic E-state index is 4.76. The van der Waals surface area contributed by atoms with Crippen molar-refractivity contribution in [3.63, 3.8) is 0 Å². The number of aromatic nitrogens is 3. The number of nitrogens with zero attached hydrogens (tertiary/aromatic N) is 5. The summed E-state index contributed by atoms with van der Waals surface area (Å²) in [4.78, 5) is 7.31. The molecule has 9 heteroatoms. The van der Waals surface area contributed by atoms with Gasteiger partial charge in [0.1, 0.15) is 12.4 Å². The number of rotatable bonds is 8. The summed E-state index contributed by atoms with van der Waals surface area (Å²) in [5.74, 6) is 3.87. The molecule has 0 amide bonds. The van der Waals surface area contributed by atoms with Crippen molar-refractivity contribution in [2.75, 3.05) is 31.6 Å². The number of hydrogen-bond acceptors (Lipinski definition) is 5. The van der Waals surface area contributed by atoms with E-state index in [1.165, 1.54) is 0 Å². The van der Waals surface area contributed by atoms with Crippen LogP contribution < -0.4 is 10.6 Å². The first-order chi connectivity index (χ1) is 12.5. The van der Waals surface area contributed by atoms with E-state index in [1.54, 1.807) is 0 Å². The van der Waals surface area contributed by atoms with Gasteiger partial charge in [0.15, 0.2) is 11.8 Å². The SMILES string of the molecule is CSCCCNC(=NCc1nnc(C)n1C)NC1CCN(C(C)C)CC1.I. The second kappa shape index (κ2) is 12.8. The van der Waals surface area contributed by atoms with Crippen molar-refractivity contribution in [1.82, 2.24) is 30.3 Å². The zero-order chi connectivity index (χ0) is 18.9. The summed E-state index contributed by atoms with van der Waals surface area (Å²) in [7, 11) is 1.99. The Morgan fingerprint density at radius 3 is 2.56 bits per heavy atom. The zero-order valence-electron chi connectivity index (χ0n) is 17.4. The van der Waals surface area contributed by atoms with Gasteiger partial charge in [-0.1, -0.05) is 0 Å². The third-order valence-electron chi connectivity index (χ3n) is 4.98. The first-order valence-corrected chi connectivity index (χ1v) is 11.0. The number of aliphatic imine (C=N–C) groups is 1. The Hall–Kier alpha value is -0.550. The third kappa shape index (κ3) is 8.15. The molecule has 0 spiro atoms. The fourth-order valence-corrected chi connectivity index (χ4v) is 3.50. The first-order valence-electron chi connectivity index (χ1n) is 9.64. The predicted molar refractivity (Wildman–Crippen MR) is 126 cm³/mol. The molecule has 7 nitrogen and oxygen atoms in total. The molecule has 0 bridgehead atoms. The lowest BCUT2D eigenvalue weighted by Gasteiger charge is -2.35. The zero-order valence-corrected chi connectivity index (χ0v) is 20.5. The van der Waals surface area contributed by atoms with Crippen LogP contribution in [-0.4, -0.2) is 69.4 Å². The van der Waals surface area contributed by atoms with Crippen LogP contribution in [0.5, 0.6) is 0 Å². The highest BCUT2D eigenvalue weighted by Gasteiger charge is 2.21. The fourth-order valence-electron chi connectivity index (χ4n) is 3.07. The van der Waals surface area contributed by atoms with Crippen LogP contribution in [0.25, 0.3) is 0 Å². The lowest BCUT2D eigenvalue weighted by Crippen LogP contribution is -2.50. The first kappa shape index (κ1) is 24.5. The van der Waals surface area contributed by atoms with Crippen LogP contribution >= 0.6 is 35.7 Å². The van der Waals surface area contributed by atoms with Crippen molar-refractivity contribution in [3.8, 4) is 0 Å². The normalized spacial score (nSPS) is 16.4. The molecule has 0 radical (unpaired) electrons. The van der Waals surface area contributed by atoms with Crippen LogP contribution in [0.2, 0.25) is 0 Å². The van der Waals surface area contributed by atoms with E-state index in [4.69, 9.17) is 4.99 Å². The number of piperidine rings is 1. The van der Waals surface area contributed by atoms with Gasteiger partial charge in [-0.05, 0) is 52.0 Å². The second-order valence-corrected chi connectivity index (χ2v) is 8.19. The van der Waals surface area contributed by atoms with Gasteiger partial charge in [0, 0.05) is 38.8 Å². The lowest BCUT2D eigenvalue weighted by atomic mass is 10.0. The third-order valence-corrected chi connectivity index (χ3v) is 5.68. The van der Waals surface area contributed by atoms with Crippen LogP contribution in [0.1, 0.15) is 44.8 Å². The average molecular weight is 510 g/mol. The van der Waals surface area contributed by atoms with Gasteiger partial charge in [-0.15, -0.1) is 34.2 Å². The van der Waals surface area contributed by atoms with Crippen LogP contribution in [0, 0.1) is 6.92 Å². The highest BCUT2D eigenvalue weighted by molar-refractivity contribution is 14.0. The molecule has 1 aromatic rings. The molecule has 0 atom stereocenters. The molecular formula is C18H36IN7S. The molecule has 2 N–H and O–H groups in total. The minimum Gasteiger partial charge on any atom is -0.356 e. The van der Waals surface area contributed by atoms with Gasteiger partial charge >= 0.3 is 0 Å². The largest absolute Gasteiger partial charge is 0.356 e. The van der Waals surface area contributed by atoms with Gasteiger partial charge in [-0.2, -0.15) is 11.8 Å². The van der Waals surface area contributed by atoms with Gasteiger partial charge in [-0.25, -0.2) is 4.99 Å². The molecule has 0 saturated carbocycles. The maximum Gasteiger partial charge on any atom is 0.191 e. The van der Waals surface area contributed by atoms with E-state index < -0.39 is 0 Å². The second-order valence-electron chi connectivity index (χ2n) is 7.21. The van der Waals surface area contributed by atoms with Crippen LogP contribution in [0.4, 0.5) is 0 Å². The van der Waals surface area contributed by atoms with E-state index in [1.807, 2.05) is 30.3 Å². The lowest BCUT2D eigenvalue weighted by molar-refractivity contribution is 0.167. The summed E-state index contributed by atoms with van der Waals surface area (Å²) in [6.45, 7) is 10.3. The number of nitrogens with one attached hydrogen (secondary N) is 2. The van der Waals surface area contributed by atoms with Crippen LogP contribution in [-0.2, 0) is 13.6 Å². The number of aryl methyl sites for hydroxylation is 1. The van der Waals surface area contributed by atoms with Crippen LogP contribution in [0.3, 0.4) is 0 Å². The molecule has 1 aromatic heterocycles. The van der Waals surface area contributed by atoms with Gasteiger partial charge in [0.05, 0.1) is 0 Å². The monoisotopic (exact) mass is 509 g/mol. The quantitative estimate of drug-likeness (QED) is 0.243. The van der Waals surface area contributed by atoms with Crippen molar-refractivity contribution in [1.29, 1.82) is 0 Å². The Balaban J connectivity index is 0.00000364. The van der Waals surface area contributed by atoms with Gasteiger partial charge in [-0.3, -0.25) is 0 Å². The summed E-state index contributed by atoms with van der Waals surface area (Å²) in [5.41, 5.74) is 0. The molecular weight excluding hydrogens is 473 g/mol. The summed E-state index contributed by atoms with van der Waals surface area (Å²) >= 11 is 1.88. The summed E-state index contributed by atoms with van der Waals surface area (Å²) < 4.78 is 2.00. The molecule has 0 aromatic carbocycles. The molecule has 1 aliphatic rings. The molecule has 1 fully saturated rings. The topological polar surface area (TPSA) is 70.4 Å². The fraction of sp³-hybridized carbons (Fsp3) is 0.833. The van der Waals surface area contributed by atoms with Crippen molar-refractivity contribution in [3.05, 3.63) is 11.6 Å². The Morgan fingerprint density at radius 1 is 1.30 bits per heavy atom. The van der Waals surface area contributed by atoms with Gasteiger partial charge in [0.2, 0.25) is 0 Å². The Morgan fingerprint density at radius 2 is 2.00 bits per heavy atom. The molecule has 0 unspecified atom stereocenters. The van der Waals surface area contributed by atoms with E-state index in [2.05, 4.69) is 45.8 Å². The van der Waals surface area contributed by atoms with E-state index in [-0.39, 0.29) is 24.0 Å². The smallest absolute Gasteiger partial charge is 0.191 e. The molecule has 0 aliphatic carbocycles. The van der Waals surface area contributed by atoms with E-state index in [0.29, 0.717) is 18.6 Å². The average Bonchev–Trinajstić information content (AvgIpc) is 2.95. The van der Waals surface area contributed by atoms with E-state index >= 15 is 0 Å². The molecule has 2 heterocycles. The van der Waals surface area contributed by atoms with Crippen molar-refractivity contribution >= 4 is 41.7 Å². The Bertz CT molecular complexity index is 568. The Kier molecular flexibility index (Phi) is 11.6. The predicted octanol–water partition coefficient (Wildman–Crippen LogP) is 2.40. The molecule has 156 valence electrons. The molecule has 1 aliphatic heterocycles. The summed E-state index contributed by atoms with van der Waals surface area (Å²) in [5, 5.41) is 15.5. The minimum absolute atomic E-state index is 0. The molecule has 1 saturated heterocycles. The number of guanidine groups is 1. The number of likely N-dealkylation sites (tertiary alicyclic amines) is 1. The van der Waals surface area contributed by atoms with Crippen molar-refractivity contribution in [2.45, 2.75) is 58.7 Å². The Labute approximate surface area is 185 Å². The van der Waals surface area contributed by atoms with Gasteiger partial charge in [0.25, 0.3) is 0 Å². The summed E-state index contributed by atoms with van der Waals surface area (Å²) in [6.07, 6.45) is 5.60. The molecule has 27 heavy (non-hydrogen) atoms. The maximum absolute atomic E-state index is 4.76. The van der Waals surface area contributed by atoms with Crippen molar-refractivity contribution in [2.24, 2.45) is 12.0 Å². The summed E-state index contributed by atoms with van der Waals surface area (Å²) in [6, 6.07) is 1.12. The number of halogens is 1. The number of hydrogen-bond donors (Lipinski definition) is 2. The highest BCUT2D eigenvalue weighted by Crippen LogP contribution is 2.13.